The van der Waals surface area contributed by atoms with Crippen molar-refractivity contribution < 1.29 is 12.6 Å². The topological polar surface area (TPSA) is 51.8 Å². The van der Waals surface area contributed by atoms with Crippen LogP contribution in [0, 0.1) is 0 Å². The van der Waals surface area contributed by atoms with Gasteiger partial charge in [0, 0.05) is 67.8 Å². The third-order valence-corrected chi connectivity index (χ3v) is 11.5. The van der Waals surface area contributed by atoms with Crippen molar-refractivity contribution in [3.05, 3.63) is 152 Å². The second-order valence-electron chi connectivity index (χ2n) is 12.3. The summed E-state index contributed by atoms with van der Waals surface area (Å²) >= 11 is 2.89. The summed E-state index contributed by atoms with van der Waals surface area (Å²) in [5.41, 5.74) is 3.92. The lowest BCUT2D eigenvalue weighted by Gasteiger charge is -2.09. The number of benzene rings is 7. The van der Waals surface area contributed by atoms with E-state index in [-0.39, 0.29) is 58.4 Å². The molecule has 0 aliphatic rings. The Morgan fingerprint density at radius 2 is 1.18 bits per heavy atom. The number of hydrogen-bond donors (Lipinski definition) is 0. The fraction of sp³-hybridized carbons (Fsp3) is 0. The predicted molar refractivity (Wildman–Crippen MR) is 215 cm³/mol. The monoisotopic (exact) mass is 693 g/mol. The number of hydrogen-bond acceptors (Lipinski definition) is 6. The zero-order chi connectivity index (χ0) is 38.7. The lowest BCUT2D eigenvalue weighted by Crippen LogP contribution is -2.00. The molecule has 4 heterocycles. The first-order valence-corrected chi connectivity index (χ1v) is 18.0. The zero-order valence-electron chi connectivity index (χ0n) is 32.5. The Labute approximate surface area is 308 Å². The smallest absolute Gasteiger partial charge is 0.164 e. The second kappa shape index (κ2) is 11.2. The van der Waals surface area contributed by atoms with Crippen LogP contribution in [0.15, 0.2) is 156 Å². The van der Waals surface area contributed by atoms with E-state index in [9.17, 15) is 4.11 Å². The highest BCUT2D eigenvalue weighted by Gasteiger charge is 2.17. The molecule has 0 amide bonds. The van der Waals surface area contributed by atoms with Crippen molar-refractivity contribution in [1.82, 2.24) is 15.0 Å². The van der Waals surface area contributed by atoms with E-state index in [4.69, 9.17) is 23.5 Å². The number of aromatic nitrogens is 3. The molecule has 11 rings (SSSR count). The zero-order valence-corrected chi connectivity index (χ0v) is 28.2. The van der Waals surface area contributed by atoms with Crippen LogP contribution in [0.1, 0.15) is 8.22 Å². The molecule has 4 aromatic heterocycles. The Hall–Kier alpha value is -6.21. The van der Waals surface area contributed by atoms with E-state index in [0.717, 1.165) is 43.0 Å². The van der Waals surface area contributed by atoms with Crippen molar-refractivity contribution in [2.24, 2.45) is 0 Å². The van der Waals surface area contributed by atoms with E-state index in [1.807, 2.05) is 91.0 Å². The largest absolute Gasteiger partial charge is 0.456 e. The van der Waals surface area contributed by atoms with Gasteiger partial charge in [0.25, 0.3) is 0 Å². The number of fused-ring (bicyclic) bond motifs is 9. The summed E-state index contributed by atoms with van der Waals surface area (Å²) in [6, 6.07) is 36.0. The van der Waals surface area contributed by atoms with Crippen LogP contribution in [-0.2, 0) is 0 Å². The van der Waals surface area contributed by atoms with Crippen LogP contribution in [0.5, 0.6) is 0 Å². The van der Waals surface area contributed by atoms with Gasteiger partial charge in [-0.3, -0.25) is 0 Å². The molecule has 0 aliphatic carbocycles. The van der Waals surface area contributed by atoms with Gasteiger partial charge in [-0.25, -0.2) is 15.0 Å². The van der Waals surface area contributed by atoms with Crippen LogP contribution >= 0.6 is 22.7 Å². The van der Waals surface area contributed by atoms with Gasteiger partial charge in [0.15, 0.2) is 17.5 Å². The lowest BCUT2D eigenvalue weighted by atomic mass is 10.0. The first kappa shape index (κ1) is 23.2. The SMILES string of the molecule is [2H]c1c([2H])c([2H])c2c(sc3c([2H])c(-c4nc(-c5ccccc5)nc(-c5ccc6sc7ccccc7c6c5)n4)c([2H])c([2H])c32)c1-c1ccc2c(c1)oc1ccccc12. The molecule has 0 aliphatic heterocycles. The minimum atomic E-state index is -0.298. The molecule has 11 aromatic rings. The summed E-state index contributed by atoms with van der Waals surface area (Å²) in [5.74, 6) is 0.815. The normalized spacial score (nSPS) is 13.6. The molecule has 0 radical (unpaired) electrons. The van der Waals surface area contributed by atoms with Crippen molar-refractivity contribution in [2.75, 3.05) is 0 Å². The van der Waals surface area contributed by atoms with E-state index in [0.29, 0.717) is 37.8 Å². The summed E-state index contributed by atoms with van der Waals surface area (Å²) < 4.78 is 64.7. The van der Waals surface area contributed by atoms with Crippen LogP contribution in [0.25, 0.3) is 108 Å². The molecule has 0 fully saturated rings. The molecule has 238 valence electrons. The lowest BCUT2D eigenvalue weighted by molar-refractivity contribution is 0.669. The highest BCUT2D eigenvalue weighted by atomic mass is 32.1. The minimum Gasteiger partial charge on any atom is -0.456 e. The van der Waals surface area contributed by atoms with Crippen LogP contribution < -0.4 is 0 Å². The molecule has 0 saturated heterocycles. The van der Waals surface area contributed by atoms with Crippen molar-refractivity contribution in [3.63, 3.8) is 0 Å². The Morgan fingerprint density at radius 1 is 0.451 bits per heavy atom. The van der Waals surface area contributed by atoms with Gasteiger partial charge in [0.2, 0.25) is 0 Å². The van der Waals surface area contributed by atoms with Crippen molar-refractivity contribution in [3.8, 4) is 45.3 Å². The Balaban J connectivity index is 1.16. The van der Waals surface area contributed by atoms with E-state index in [2.05, 4.69) is 24.3 Å². The average molecular weight is 694 g/mol. The molecular weight excluding hydrogens is 663 g/mol. The van der Waals surface area contributed by atoms with Crippen LogP contribution in [0.2, 0.25) is 0 Å². The van der Waals surface area contributed by atoms with Crippen molar-refractivity contribution in [2.45, 2.75) is 0 Å². The molecule has 0 bridgehead atoms. The summed E-state index contributed by atoms with van der Waals surface area (Å²) in [6.45, 7) is 0. The number of furan rings is 1. The third kappa shape index (κ3) is 4.61. The van der Waals surface area contributed by atoms with E-state index in [1.54, 1.807) is 11.3 Å². The average Bonchev–Trinajstić information content (AvgIpc) is 3.94. The Bertz CT molecular complexity index is 3510. The van der Waals surface area contributed by atoms with Gasteiger partial charge in [0.1, 0.15) is 11.2 Å². The van der Waals surface area contributed by atoms with E-state index in [1.165, 1.54) is 16.0 Å². The van der Waals surface area contributed by atoms with Gasteiger partial charge in [-0.05, 0) is 59.6 Å². The molecule has 0 N–H and O–H groups in total. The predicted octanol–water partition coefficient (Wildman–Crippen LogP) is 13.2. The van der Waals surface area contributed by atoms with Crippen LogP contribution in [0.4, 0.5) is 0 Å². The maximum atomic E-state index is 9.64. The van der Waals surface area contributed by atoms with E-state index >= 15 is 0 Å². The quantitative estimate of drug-likeness (QED) is 0.184. The number of rotatable bonds is 4. The molecule has 0 unspecified atom stereocenters. The minimum absolute atomic E-state index is 0.0657. The maximum Gasteiger partial charge on any atom is 0.164 e. The van der Waals surface area contributed by atoms with Gasteiger partial charge >= 0.3 is 0 Å². The maximum absolute atomic E-state index is 9.64. The second-order valence-corrected chi connectivity index (χ2v) is 14.4. The summed E-state index contributed by atoms with van der Waals surface area (Å²) in [5, 5.41) is 4.58. The summed E-state index contributed by atoms with van der Waals surface area (Å²) in [4.78, 5) is 14.6. The van der Waals surface area contributed by atoms with Gasteiger partial charge in [0.05, 0.1) is 8.22 Å². The molecule has 51 heavy (non-hydrogen) atoms. The number of para-hydroxylation sites is 1. The molecule has 0 saturated carbocycles. The van der Waals surface area contributed by atoms with Gasteiger partial charge in [-0.15, -0.1) is 22.7 Å². The molecule has 4 nitrogen and oxygen atoms in total. The molecule has 0 spiro atoms. The molecule has 6 heteroatoms. The summed E-state index contributed by atoms with van der Waals surface area (Å²) in [7, 11) is 0. The van der Waals surface area contributed by atoms with Crippen LogP contribution in [0.3, 0.4) is 0 Å². The van der Waals surface area contributed by atoms with Crippen molar-refractivity contribution >= 4 is 85.0 Å². The fourth-order valence-electron chi connectivity index (χ4n) is 6.81. The Morgan fingerprint density at radius 3 is 2.08 bits per heavy atom. The third-order valence-electron chi connectivity index (χ3n) is 9.25. The van der Waals surface area contributed by atoms with Gasteiger partial charge < -0.3 is 4.42 Å². The summed E-state index contributed by atoms with van der Waals surface area (Å²) in [6.07, 6.45) is 0. The molecule has 0 atom stereocenters. The fourth-order valence-corrected chi connectivity index (χ4v) is 9.04. The Kier molecular flexibility index (Phi) is 5.08. The number of nitrogens with zero attached hydrogens (tertiary/aromatic N) is 3. The van der Waals surface area contributed by atoms with Gasteiger partial charge in [-0.2, -0.15) is 0 Å². The van der Waals surface area contributed by atoms with Crippen molar-refractivity contribution in [1.29, 1.82) is 0 Å². The highest BCUT2D eigenvalue weighted by molar-refractivity contribution is 7.26. The number of thiophene rings is 2. The van der Waals surface area contributed by atoms with Gasteiger partial charge in [-0.1, -0.05) is 103 Å². The first-order valence-electron chi connectivity index (χ1n) is 19.4. The first-order chi connectivity index (χ1) is 27.7. The standard InChI is InChI=1S/C45H25N3OS2/c1-2-9-26(10-3-1)43-46-44(28-19-22-40-36(23-28)33-12-5-7-16-39(33)50-40)48-45(47-43)29-18-21-34-35-14-8-13-30(42(35)51-41(34)25-29)27-17-20-32-31-11-4-6-15-37(31)49-38(32)24-27/h1-25H/i8D,13D,14D,18D,21D,25D. The highest BCUT2D eigenvalue weighted by Crippen LogP contribution is 2.43. The molecular formula is C45H25N3OS2. The molecule has 7 aromatic carbocycles. The van der Waals surface area contributed by atoms with Crippen LogP contribution in [-0.4, -0.2) is 15.0 Å². The van der Waals surface area contributed by atoms with E-state index < -0.39 is 0 Å².